The average Bonchev–Trinajstić information content (AvgIpc) is 2.27. The Hall–Kier alpha value is -0.0100. The fourth-order valence-electron chi connectivity index (χ4n) is 1.44. The molecule has 0 aliphatic rings. The molecule has 0 aliphatic heterocycles. The fourth-order valence-corrected chi connectivity index (χ4v) is 4.36. The highest BCUT2D eigenvalue weighted by Crippen LogP contribution is 2.47. The van der Waals surface area contributed by atoms with Gasteiger partial charge in [-0.3, -0.25) is 4.57 Å². The van der Waals surface area contributed by atoms with Crippen LogP contribution in [0.1, 0.15) is 13.8 Å². The van der Waals surface area contributed by atoms with Gasteiger partial charge in [0.2, 0.25) is 7.37 Å². The summed E-state index contributed by atoms with van der Waals surface area (Å²) >= 11 is 11.8. The highest BCUT2D eigenvalue weighted by atomic mass is 35.5. The van der Waals surface area contributed by atoms with Crippen LogP contribution in [0.5, 0.6) is 0 Å². The molecule has 96 valence electrons. The summed E-state index contributed by atoms with van der Waals surface area (Å²) in [7, 11) is -2.90. The quantitative estimate of drug-likeness (QED) is 0.588. The van der Waals surface area contributed by atoms with E-state index in [0.717, 1.165) is 0 Å². The molecule has 0 amide bonds. The maximum absolute atomic E-state index is 12.8. The summed E-state index contributed by atoms with van der Waals surface area (Å²) in [4.78, 5) is 0. The first-order chi connectivity index (χ1) is 7.94. The zero-order chi connectivity index (χ0) is 12.9. The molecule has 0 saturated carbocycles. The van der Waals surface area contributed by atoms with Gasteiger partial charge in [0.25, 0.3) is 0 Å². The molecule has 3 atom stereocenters. The number of hydrogen-bond acceptors (Lipinski definition) is 2. The first-order valence-corrected chi connectivity index (χ1v) is 8.19. The Labute approximate surface area is 113 Å². The van der Waals surface area contributed by atoms with E-state index in [1.807, 2.05) is 25.1 Å². The van der Waals surface area contributed by atoms with Crippen molar-refractivity contribution in [1.29, 1.82) is 0 Å². The Morgan fingerprint density at radius 3 is 2.24 bits per heavy atom. The van der Waals surface area contributed by atoms with E-state index >= 15 is 0 Å². The predicted molar refractivity (Wildman–Crippen MR) is 75.1 cm³/mol. The van der Waals surface area contributed by atoms with E-state index in [9.17, 15) is 4.57 Å². The van der Waals surface area contributed by atoms with E-state index in [4.69, 9.17) is 27.7 Å². The molecule has 0 bridgehead atoms. The maximum Gasteiger partial charge on any atom is 0.233 e. The summed E-state index contributed by atoms with van der Waals surface area (Å²) in [5.74, 6) is 0. The van der Waals surface area contributed by atoms with Gasteiger partial charge in [-0.15, -0.1) is 23.2 Å². The molecular weight excluding hydrogens is 278 g/mol. The van der Waals surface area contributed by atoms with Gasteiger partial charge in [0.1, 0.15) is 0 Å². The Morgan fingerprint density at radius 1 is 1.18 bits per heavy atom. The Bertz CT molecular complexity index is 379. The smallest absolute Gasteiger partial charge is 0.233 e. The number of hydrogen-bond donors (Lipinski definition) is 0. The van der Waals surface area contributed by atoms with Gasteiger partial charge in [0.15, 0.2) is 0 Å². The van der Waals surface area contributed by atoms with Crippen molar-refractivity contribution in [2.75, 3.05) is 12.8 Å². The molecule has 1 rings (SSSR count). The number of benzene rings is 1. The zero-order valence-corrected chi connectivity index (χ0v) is 12.4. The second-order valence-electron chi connectivity index (χ2n) is 4.05. The van der Waals surface area contributed by atoms with Crippen molar-refractivity contribution < 1.29 is 9.09 Å². The van der Waals surface area contributed by atoms with Crippen LogP contribution in [0.2, 0.25) is 0 Å². The van der Waals surface area contributed by atoms with Gasteiger partial charge in [-0.2, -0.15) is 0 Å². The summed E-state index contributed by atoms with van der Waals surface area (Å²) in [6.07, 6.45) is 0.322. The molecule has 3 unspecified atom stereocenters. The Morgan fingerprint density at radius 2 is 1.76 bits per heavy atom. The van der Waals surface area contributed by atoms with Crippen molar-refractivity contribution in [1.82, 2.24) is 0 Å². The van der Waals surface area contributed by atoms with Gasteiger partial charge in [0, 0.05) is 16.8 Å². The van der Waals surface area contributed by atoms with Crippen LogP contribution in [0.25, 0.3) is 0 Å². The summed E-state index contributed by atoms with van der Waals surface area (Å²) < 4.78 is 18.3. The van der Waals surface area contributed by atoms with Gasteiger partial charge >= 0.3 is 0 Å². The third kappa shape index (κ3) is 5.01. The zero-order valence-electron chi connectivity index (χ0n) is 9.98. The van der Waals surface area contributed by atoms with E-state index in [1.54, 1.807) is 19.1 Å². The van der Waals surface area contributed by atoms with Crippen molar-refractivity contribution in [2.45, 2.75) is 24.6 Å². The van der Waals surface area contributed by atoms with Gasteiger partial charge < -0.3 is 4.52 Å². The number of rotatable bonds is 6. The Balaban J connectivity index is 2.90. The normalized spacial score (nSPS) is 18.4. The lowest BCUT2D eigenvalue weighted by molar-refractivity contribution is 0.322. The third-order valence-electron chi connectivity index (χ3n) is 2.15. The van der Waals surface area contributed by atoms with Crippen LogP contribution in [0.3, 0.4) is 0 Å². The number of halogens is 2. The minimum Gasteiger partial charge on any atom is -0.324 e. The maximum atomic E-state index is 12.8. The topological polar surface area (TPSA) is 26.3 Å². The van der Waals surface area contributed by atoms with Crippen molar-refractivity contribution in [3.8, 4) is 0 Å². The summed E-state index contributed by atoms with van der Waals surface area (Å²) in [5, 5.41) is 0.328. The minimum absolute atomic E-state index is 0.169. The molecule has 0 heterocycles. The minimum atomic E-state index is -2.90. The largest absolute Gasteiger partial charge is 0.324 e. The standard InChI is InChI=1S/C12H17Cl2O2P/c1-10(13)8-16-17(15,9-11(2)14)12-6-4-3-5-7-12/h3-7,10-11H,8-9H2,1-2H3. The SMILES string of the molecule is CC(Cl)COP(=O)(CC(C)Cl)c1ccccc1. The lowest BCUT2D eigenvalue weighted by atomic mass is 10.4. The second-order valence-corrected chi connectivity index (χ2v) is 8.03. The molecule has 2 nitrogen and oxygen atoms in total. The van der Waals surface area contributed by atoms with Crippen LogP contribution >= 0.6 is 30.6 Å². The van der Waals surface area contributed by atoms with Crippen LogP contribution in [0.4, 0.5) is 0 Å². The van der Waals surface area contributed by atoms with E-state index in [2.05, 4.69) is 0 Å². The van der Waals surface area contributed by atoms with Crippen LogP contribution in [-0.4, -0.2) is 23.5 Å². The van der Waals surface area contributed by atoms with Crippen molar-refractivity contribution in [3.63, 3.8) is 0 Å². The second kappa shape index (κ2) is 6.80. The molecule has 1 aromatic rings. The van der Waals surface area contributed by atoms with E-state index in [1.165, 1.54) is 0 Å². The van der Waals surface area contributed by atoms with Crippen LogP contribution < -0.4 is 5.30 Å². The van der Waals surface area contributed by atoms with Crippen molar-refractivity contribution >= 4 is 35.9 Å². The molecule has 17 heavy (non-hydrogen) atoms. The highest BCUT2D eigenvalue weighted by molar-refractivity contribution is 7.67. The molecule has 1 aromatic carbocycles. The summed E-state index contributed by atoms with van der Waals surface area (Å²) in [6.45, 7) is 3.88. The third-order valence-corrected chi connectivity index (χ3v) is 5.33. The molecule has 0 N–H and O–H groups in total. The van der Waals surface area contributed by atoms with E-state index in [0.29, 0.717) is 11.5 Å². The molecule has 5 heteroatoms. The van der Waals surface area contributed by atoms with Gasteiger partial charge in [-0.05, 0) is 26.0 Å². The molecule has 0 saturated heterocycles. The van der Waals surface area contributed by atoms with Crippen LogP contribution in [0, 0.1) is 0 Å². The molecule has 0 fully saturated rings. The first-order valence-electron chi connectivity index (χ1n) is 5.51. The molecular formula is C12H17Cl2O2P. The molecule has 0 aromatic heterocycles. The van der Waals surface area contributed by atoms with Crippen molar-refractivity contribution in [2.24, 2.45) is 0 Å². The van der Waals surface area contributed by atoms with E-state index < -0.39 is 7.37 Å². The predicted octanol–water partition coefficient (Wildman–Crippen LogP) is 3.86. The van der Waals surface area contributed by atoms with Gasteiger partial charge in [0.05, 0.1) is 12.0 Å². The van der Waals surface area contributed by atoms with Gasteiger partial charge in [-0.25, -0.2) is 0 Å². The van der Waals surface area contributed by atoms with E-state index in [-0.39, 0.29) is 17.4 Å². The van der Waals surface area contributed by atoms with Crippen LogP contribution in [-0.2, 0) is 9.09 Å². The van der Waals surface area contributed by atoms with Crippen LogP contribution in [0.15, 0.2) is 30.3 Å². The summed E-state index contributed by atoms with van der Waals surface area (Å²) in [6, 6.07) is 9.17. The number of alkyl halides is 2. The van der Waals surface area contributed by atoms with Crippen molar-refractivity contribution in [3.05, 3.63) is 30.3 Å². The lowest BCUT2D eigenvalue weighted by Gasteiger charge is -2.20. The molecule has 0 radical (unpaired) electrons. The summed E-state index contributed by atoms with van der Waals surface area (Å²) in [5.41, 5.74) is 0. The Kier molecular flexibility index (Phi) is 6.02. The highest BCUT2D eigenvalue weighted by Gasteiger charge is 2.28. The molecule has 0 aliphatic carbocycles. The van der Waals surface area contributed by atoms with Gasteiger partial charge in [-0.1, -0.05) is 18.2 Å². The lowest BCUT2D eigenvalue weighted by Crippen LogP contribution is -2.17. The molecule has 0 spiro atoms. The monoisotopic (exact) mass is 294 g/mol. The fraction of sp³-hybridized carbons (Fsp3) is 0.500. The average molecular weight is 295 g/mol. The first kappa shape index (κ1) is 15.0.